The van der Waals surface area contributed by atoms with Crippen LogP contribution in [0.3, 0.4) is 0 Å². The van der Waals surface area contributed by atoms with Crippen LogP contribution < -0.4 is 10.3 Å². The lowest BCUT2D eigenvalue weighted by Gasteiger charge is -2.30. The van der Waals surface area contributed by atoms with Crippen molar-refractivity contribution >= 4 is 10.9 Å². The number of ether oxygens (including phenoxy) is 1. The van der Waals surface area contributed by atoms with Gasteiger partial charge in [0, 0.05) is 6.54 Å². The van der Waals surface area contributed by atoms with E-state index in [0.29, 0.717) is 34.9 Å². The van der Waals surface area contributed by atoms with Crippen molar-refractivity contribution < 1.29 is 9.13 Å². The first-order chi connectivity index (χ1) is 18.6. The zero-order chi connectivity index (χ0) is 26.1. The Kier molecular flexibility index (Phi) is 7.01. The molecule has 2 aliphatic carbocycles. The molecule has 2 fully saturated rings. The van der Waals surface area contributed by atoms with Crippen LogP contribution in [0.5, 0.6) is 5.75 Å². The zero-order valence-electron chi connectivity index (χ0n) is 22.0. The van der Waals surface area contributed by atoms with Crippen molar-refractivity contribution in [2.75, 3.05) is 7.11 Å². The smallest absolute Gasteiger partial charge is 0.261 e. The number of rotatable bonds is 8. The summed E-state index contributed by atoms with van der Waals surface area (Å²) in [6.07, 6.45) is 10.4. The number of halogens is 1. The van der Waals surface area contributed by atoms with Crippen molar-refractivity contribution in [1.29, 1.82) is 0 Å². The van der Waals surface area contributed by atoms with E-state index in [1.165, 1.54) is 57.1 Å². The van der Waals surface area contributed by atoms with Crippen molar-refractivity contribution in [2.45, 2.75) is 57.9 Å². The van der Waals surface area contributed by atoms with E-state index >= 15 is 0 Å². The summed E-state index contributed by atoms with van der Waals surface area (Å²) in [6.45, 7) is 0.652. The zero-order valence-corrected chi connectivity index (χ0v) is 22.0. The summed E-state index contributed by atoms with van der Waals surface area (Å²) in [5.41, 5.74) is 2.97. The lowest BCUT2D eigenvalue weighted by atomic mass is 9.79. The SMILES string of the molecule is COc1ccccc1-c1nc2ccc(-c3cccc(F)c3)cc2c(=O)n1CC1CCCC(CCC2CC2)C1. The maximum absolute atomic E-state index is 14.2. The van der Waals surface area contributed by atoms with Crippen LogP contribution in [0.25, 0.3) is 33.4 Å². The van der Waals surface area contributed by atoms with Gasteiger partial charge in [-0.2, -0.15) is 0 Å². The largest absolute Gasteiger partial charge is 0.496 e. The van der Waals surface area contributed by atoms with Crippen LogP contribution in [0.1, 0.15) is 51.4 Å². The minimum atomic E-state index is -0.293. The molecule has 3 aromatic carbocycles. The molecule has 2 aliphatic rings. The fourth-order valence-corrected chi connectivity index (χ4v) is 6.24. The highest BCUT2D eigenvalue weighted by Crippen LogP contribution is 2.39. The molecule has 0 N–H and O–H groups in total. The van der Waals surface area contributed by atoms with E-state index in [1.54, 1.807) is 13.2 Å². The Morgan fingerprint density at radius 2 is 1.68 bits per heavy atom. The third-order valence-corrected chi connectivity index (χ3v) is 8.47. The number of methoxy groups -OCH3 is 1. The summed E-state index contributed by atoms with van der Waals surface area (Å²) in [4.78, 5) is 19.2. The average Bonchev–Trinajstić information content (AvgIpc) is 3.78. The molecule has 196 valence electrons. The summed E-state index contributed by atoms with van der Waals surface area (Å²) in [5.74, 6) is 3.23. The quantitative estimate of drug-likeness (QED) is 0.242. The van der Waals surface area contributed by atoms with Crippen LogP contribution in [0.4, 0.5) is 4.39 Å². The molecule has 4 aromatic rings. The van der Waals surface area contributed by atoms with Gasteiger partial charge in [0.05, 0.1) is 23.6 Å². The normalized spacial score (nSPS) is 19.5. The maximum atomic E-state index is 14.2. The van der Waals surface area contributed by atoms with Crippen LogP contribution in [0.2, 0.25) is 0 Å². The van der Waals surface area contributed by atoms with E-state index < -0.39 is 0 Å². The first kappa shape index (κ1) is 24.8. The summed E-state index contributed by atoms with van der Waals surface area (Å²) < 4.78 is 21.5. The first-order valence-corrected chi connectivity index (χ1v) is 14.0. The highest BCUT2D eigenvalue weighted by Gasteiger charge is 2.27. The van der Waals surface area contributed by atoms with E-state index in [0.717, 1.165) is 34.9 Å². The lowest BCUT2D eigenvalue weighted by molar-refractivity contribution is 0.227. The van der Waals surface area contributed by atoms with Crippen molar-refractivity contribution in [3.8, 4) is 28.3 Å². The number of hydrogen-bond acceptors (Lipinski definition) is 3. The minimum Gasteiger partial charge on any atom is -0.496 e. The van der Waals surface area contributed by atoms with Crippen molar-refractivity contribution in [2.24, 2.45) is 17.8 Å². The first-order valence-electron chi connectivity index (χ1n) is 14.0. The molecule has 6 rings (SSSR count). The van der Waals surface area contributed by atoms with E-state index in [1.807, 2.05) is 53.1 Å². The van der Waals surface area contributed by atoms with Gasteiger partial charge in [-0.1, -0.05) is 68.9 Å². The third-order valence-electron chi connectivity index (χ3n) is 8.47. The van der Waals surface area contributed by atoms with Gasteiger partial charge >= 0.3 is 0 Å². The lowest BCUT2D eigenvalue weighted by Crippen LogP contribution is -2.29. The molecule has 4 nitrogen and oxygen atoms in total. The molecule has 2 saturated carbocycles. The molecule has 5 heteroatoms. The number of hydrogen-bond donors (Lipinski definition) is 0. The fourth-order valence-electron chi connectivity index (χ4n) is 6.24. The molecule has 2 atom stereocenters. The molecular formula is C33H35FN2O2. The predicted molar refractivity (Wildman–Crippen MR) is 151 cm³/mol. The van der Waals surface area contributed by atoms with Crippen molar-refractivity contribution in [1.82, 2.24) is 9.55 Å². The molecule has 1 heterocycles. The Balaban J connectivity index is 1.42. The van der Waals surface area contributed by atoms with Crippen LogP contribution in [0.15, 0.2) is 71.5 Å². The number of fused-ring (bicyclic) bond motifs is 1. The van der Waals surface area contributed by atoms with E-state index in [4.69, 9.17) is 9.72 Å². The predicted octanol–water partition coefficient (Wildman–Crippen LogP) is 7.87. The van der Waals surface area contributed by atoms with Gasteiger partial charge in [0.15, 0.2) is 0 Å². The minimum absolute atomic E-state index is 0.0470. The Morgan fingerprint density at radius 3 is 2.50 bits per heavy atom. The molecular weight excluding hydrogens is 475 g/mol. The highest BCUT2D eigenvalue weighted by atomic mass is 19.1. The number of benzene rings is 3. The van der Waals surface area contributed by atoms with E-state index in [-0.39, 0.29) is 11.4 Å². The van der Waals surface area contributed by atoms with Crippen LogP contribution in [0, 0.1) is 23.6 Å². The highest BCUT2D eigenvalue weighted by molar-refractivity contribution is 5.85. The second-order valence-corrected chi connectivity index (χ2v) is 11.2. The van der Waals surface area contributed by atoms with Crippen molar-refractivity contribution in [3.63, 3.8) is 0 Å². The number of para-hydroxylation sites is 1. The van der Waals surface area contributed by atoms with Gasteiger partial charge in [0.25, 0.3) is 5.56 Å². The van der Waals surface area contributed by atoms with Crippen LogP contribution in [-0.2, 0) is 6.54 Å². The van der Waals surface area contributed by atoms with E-state index in [2.05, 4.69) is 0 Å². The van der Waals surface area contributed by atoms with Gasteiger partial charge in [-0.05, 0) is 78.1 Å². The van der Waals surface area contributed by atoms with Crippen molar-refractivity contribution in [3.05, 3.63) is 82.9 Å². The molecule has 0 amide bonds. The Labute approximate surface area is 223 Å². The average molecular weight is 511 g/mol. The third kappa shape index (κ3) is 5.24. The summed E-state index contributed by atoms with van der Waals surface area (Å²) >= 11 is 0. The van der Waals surface area contributed by atoms with Gasteiger partial charge in [0.1, 0.15) is 17.4 Å². The summed E-state index contributed by atoms with van der Waals surface area (Å²) in [5, 5.41) is 0.562. The Hall–Kier alpha value is -3.47. The Morgan fingerprint density at radius 1 is 0.895 bits per heavy atom. The fraction of sp³-hybridized carbons (Fsp3) is 0.394. The second-order valence-electron chi connectivity index (χ2n) is 11.2. The van der Waals surface area contributed by atoms with Crippen LogP contribution >= 0.6 is 0 Å². The Bertz CT molecular complexity index is 1510. The standard InChI is InChI=1S/C33H35FN2O2/c1-38-31-11-3-2-10-28(31)32-35-30-17-16-26(25-8-5-9-27(34)19-25)20-29(30)33(37)36(32)21-24-7-4-6-23(18-24)15-14-22-12-13-22/h2-3,5,8-11,16-17,19-20,22-24H,4,6-7,12-15,18,21H2,1H3. The molecule has 1 aromatic heterocycles. The molecule has 0 bridgehead atoms. The topological polar surface area (TPSA) is 44.1 Å². The molecule has 0 spiro atoms. The molecule has 2 unspecified atom stereocenters. The van der Waals surface area contributed by atoms with Crippen LogP contribution in [-0.4, -0.2) is 16.7 Å². The van der Waals surface area contributed by atoms with Gasteiger partial charge in [-0.15, -0.1) is 0 Å². The molecule has 0 saturated heterocycles. The summed E-state index contributed by atoms with van der Waals surface area (Å²) in [6, 6.07) is 19.9. The molecule has 0 radical (unpaired) electrons. The van der Waals surface area contributed by atoms with Gasteiger partial charge in [0.2, 0.25) is 0 Å². The van der Waals surface area contributed by atoms with Gasteiger partial charge in [-0.25, -0.2) is 9.37 Å². The van der Waals surface area contributed by atoms with E-state index in [9.17, 15) is 9.18 Å². The maximum Gasteiger partial charge on any atom is 0.261 e. The summed E-state index contributed by atoms with van der Waals surface area (Å²) in [7, 11) is 1.65. The number of nitrogens with zero attached hydrogens (tertiary/aromatic N) is 2. The molecule has 0 aliphatic heterocycles. The number of aromatic nitrogens is 2. The van der Waals surface area contributed by atoms with Gasteiger partial charge < -0.3 is 4.74 Å². The molecule has 38 heavy (non-hydrogen) atoms. The second kappa shape index (κ2) is 10.7. The van der Waals surface area contributed by atoms with Gasteiger partial charge in [-0.3, -0.25) is 9.36 Å². The monoisotopic (exact) mass is 510 g/mol.